The smallest absolute Gasteiger partial charge is 0.119 e. The fourth-order valence-electron chi connectivity index (χ4n) is 4.62. The molecule has 160 valence electrons. The largest absolute Gasteiger partial charge is 0.491 e. The van der Waals surface area contributed by atoms with Crippen LogP contribution in [0.5, 0.6) is 5.75 Å². The zero-order valence-electron chi connectivity index (χ0n) is 18.7. The van der Waals surface area contributed by atoms with Crippen LogP contribution in [0.3, 0.4) is 0 Å². The second kappa shape index (κ2) is 9.38. The summed E-state index contributed by atoms with van der Waals surface area (Å²) in [6.45, 7) is 14.5. The highest BCUT2D eigenvalue weighted by molar-refractivity contribution is 5.92. The first-order valence-electron chi connectivity index (χ1n) is 11.3. The standard InChI is InChI=1S/C28H32N2O/c1-5-22-17-25(12-13-26(22)20(2)3)31-19-24-10-6-7-16-30(24)21(4)27-11-8-9-23-18-29-15-14-28(23)27/h8-9,11-15,17-18,24H,2,4-7,10,16,19H2,1,3H3. The average Bonchev–Trinajstić information content (AvgIpc) is 2.81. The SMILES string of the molecule is C=C(C)c1ccc(OCC2CCCCN2C(=C)c2cccc3cnccc23)cc1CC. The summed E-state index contributed by atoms with van der Waals surface area (Å²) in [5, 5.41) is 2.35. The van der Waals surface area contributed by atoms with Crippen molar-refractivity contribution in [2.45, 2.75) is 45.6 Å². The number of hydrogen-bond donors (Lipinski definition) is 0. The van der Waals surface area contributed by atoms with Crippen molar-refractivity contribution in [3.63, 3.8) is 0 Å². The summed E-state index contributed by atoms with van der Waals surface area (Å²) in [6.07, 6.45) is 8.29. The fourth-order valence-corrected chi connectivity index (χ4v) is 4.62. The maximum Gasteiger partial charge on any atom is 0.119 e. The molecule has 0 spiro atoms. The third-order valence-electron chi connectivity index (χ3n) is 6.33. The molecule has 1 aromatic heterocycles. The summed E-state index contributed by atoms with van der Waals surface area (Å²) in [6, 6.07) is 15.2. The molecule has 0 bridgehead atoms. The van der Waals surface area contributed by atoms with Gasteiger partial charge in [0.25, 0.3) is 0 Å². The van der Waals surface area contributed by atoms with Crippen molar-refractivity contribution in [1.29, 1.82) is 0 Å². The van der Waals surface area contributed by atoms with Crippen LogP contribution in [-0.4, -0.2) is 29.1 Å². The van der Waals surface area contributed by atoms with Gasteiger partial charge in [0.2, 0.25) is 0 Å². The van der Waals surface area contributed by atoms with Crippen LogP contribution in [0.15, 0.2) is 68.0 Å². The van der Waals surface area contributed by atoms with Gasteiger partial charge in [-0.15, -0.1) is 0 Å². The lowest BCUT2D eigenvalue weighted by atomic mass is 9.98. The number of allylic oxidation sites excluding steroid dienone is 1. The third kappa shape index (κ3) is 4.51. The van der Waals surface area contributed by atoms with Crippen LogP contribution in [0.2, 0.25) is 0 Å². The molecule has 0 aliphatic carbocycles. The minimum absolute atomic E-state index is 0.323. The molecule has 2 heterocycles. The molecule has 2 aromatic carbocycles. The second-order valence-electron chi connectivity index (χ2n) is 8.46. The molecule has 1 aliphatic rings. The van der Waals surface area contributed by atoms with Gasteiger partial charge in [-0.3, -0.25) is 4.98 Å². The summed E-state index contributed by atoms with van der Waals surface area (Å²) in [4.78, 5) is 6.71. The van der Waals surface area contributed by atoms with Gasteiger partial charge in [-0.2, -0.15) is 0 Å². The van der Waals surface area contributed by atoms with Gasteiger partial charge in [-0.25, -0.2) is 0 Å². The Hall–Kier alpha value is -3.07. The summed E-state index contributed by atoms with van der Waals surface area (Å²) < 4.78 is 6.30. The predicted molar refractivity (Wildman–Crippen MR) is 131 cm³/mol. The monoisotopic (exact) mass is 412 g/mol. The highest BCUT2D eigenvalue weighted by Gasteiger charge is 2.25. The molecule has 3 heteroatoms. The average molecular weight is 413 g/mol. The summed E-state index contributed by atoms with van der Waals surface area (Å²) in [5.41, 5.74) is 5.89. The first kappa shape index (κ1) is 21.2. The van der Waals surface area contributed by atoms with E-state index in [9.17, 15) is 0 Å². The number of piperidine rings is 1. The minimum Gasteiger partial charge on any atom is -0.491 e. The first-order valence-corrected chi connectivity index (χ1v) is 11.3. The zero-order valence-corrected chi connectivity index (χ0v) is 18.7. The summed E-state index contributed by atoms with van der Waals surface area (Å²) in [7, 11) is 0. The third-order valence-corrected chi connectivity index (χ3v) is 6.33. The number of aromatic nitrogens is 1. The Bertz CT molecular complexity index is 1100. The van der Waals surface area contributed by atoms with Crippen LogP contribution in [0.25, 0.3) is 22.0 Å². The van der Waals surface area contributed by atoms with E-state index >= 15 is 0 Å². The molecule has 0 N–H and O–H groups in total. The van der Waals surface area contributed by atoms with Crippen molar-refractivity contribution in [2.24, 2.45) is 0 Å². The number of fused-ring (bicyclic) bond motifs is 1. The molecule has 1 saturated heterocycles. The summed E-state index contributed by atoms with van der Waals surface area (Å²) in [5.74, 6) is 0.939. The Morgan fingerprint density at radius 2 is 2.00 bits per heavy atom. The van der Waals surface area contributed by atoms with Crippen LogP contribution in [0, 0.1) is 0 Å². The lowest BCUT2D eigenvalue weighted by molar-refractivity contribution is 0.152. The fraction of sp³-hybridized carbons (Fsp3) is 0.321. The maximum atomic E-state index is 6.30. The molecule has 0 saturated carbocycles. The van der Waals surface area contributed by atoms with Crippen LogP contribution < -0.4 is 4.74 Å². The van der Waals surface area contributed by atoms with E-state index in [4.69, 9.17) is 4.74 Å². The molecular weight excluding hydrogens is 380 g/mol. The van der Waals surface area contributed by atoms with Gasteiger partial charge < -0.3 is 9.64 Å². The van der Waals surface area contributed by atoms with Gasteiger partial charge in [0.1, 0.15) is 12.4 Å². The number of benzene rings is 2. The van der Waals surface area contributed by atoms with Gasteiger partial charge in [0, 0.05) is 35.6 Å². The zero-order chi connectivity index (χ0) is 21.8. The molecule has 1 atom stereocenters. The maximum absolute atomic E-state index is 6.30. The van der Waals surface area contributed by atoms with E-state index in [1.54, 1.807) is 0 Å². The lowest BCUT2D eigenvalue weighted by Gasteiger charge is -2.39. The molecular formula is C28H32N2O. The second-order valence-corrected chi connectivity index (χ2v) is 8.46. The predicted octanol–water partition coefficient (Wildman–Crippen LogP) is 6.73. The van der Waals surface area contributed by atoms with Crippen LogP contribution >= 0.6 is 0 Å². The molecule has 3 aromatic rings. The van der Waals surface area contributed by atoms with E-state index in [0.29, 0.717) is 12.6 Å². The number of pyridine rings is 1. The van der Waals surface area contributed by atoms with Crippen molar-refractivity contribution in [1.82, 2.24) is 9.88 Å². The number of likely N-dealkylation sites (tertiary alicyclic amines) is 1. The van der Waals surface area contributed by atoms with Crippen LogP contribution in [-0.2, 0) is 6.42 Å². The Morgan fingerprint density at radius 3 is 2.81 bits per heavy atom. The van der Waals surface area contributed by atoms with Gasteiger partial charge in [0.05, 0.1) is 6.04 Å². The van der Waals surface area contributed by atoms with E-state index in [0.717, 1.165) is 41.8 Å². The van der Waals surface area contributed by atoms with Crippen molar-refractivity contribution in [3.05, 3.63) is 84.7 Å². The highest BCUT2D eigenvalue weighted by Crippen LogP contribution is 2.31. The highest BCUT2D eigenvalue weighted by atomic mass is 16.5. The Balaban J connectivity index is 1.53. The van der Waals surface area contributed by atoms with E-state index < -0.39 is 0 Å². The topological polar surface area (TPSA) is 25.4 Å². The number of ether oxygens (including phenoxy) is 1. The van der Waals surface area contributed by atoms with E-state index in [1.807, 2.05) is 12.4 Å². The van der Waals surface area contributed by atoms with Crippen LogP contribution in [0.1, 0.15) is 49.8 Å². The molecule has 31 heavy (non-hydrogen) atoms. The number of rotatable bonds is 7. The molecule has 0 radical (unpaired) electrons. The number of nitrogens with zero attached hydrogens (tertiary/aromatic N) is 2. The quantitative estimate of drug-likeness (QED) is 0.430. The van der Waals surface area contributed by atoms with E-state index in [1.165, 1.54) is 34.9 Å². The lowest BCUT2D eigenvalue weighted by Crippen LogP contribution is -2.41. The Labute approximate surface area is 186 Å². The Kier molecular flexibility index (Phi) is 6.41. The normalized spacial score (nSPS) is 16.3. The molecule has 0 amide bonds. The van der Waals surface area contributed by atoms with Crippen molar-refractivity contribution >= 4 is 22.0 Å². The molecule has 1 fully saturated rings. The molecule has 3 nitrogen and oxygen atoms in total. The molecule has 4 rings (SSSR count). The van der Waals surface area contributed by atoms with Gasteiger partial charge in [0.15, 0.2) is 0 Å². The van der Waals surface area contributed by atoms with E-state index in [-0.39, 0.29) is 0 Å². The van der Waals surface area contributed by atoms with Gasteiger partial charge >= 0.3 is 0 Å². The van der Waals surface area contributed by atoms with Crippen molar-refractivity contribution in [3.8, 4) is 5.75 Å². The molecule has 1 unspecified atom stereocenters. The number of aryl methyl sites for hydroxylation is 1. The number of hydrogen-bond acceptors (Lipinski definition) is 3. The first-order chi connectivity index (χ1) is 15.1. The molecule has 1 aliphatic heterocycles. The van der Waals surface area contributed by atoms with Crippen molar-refractivity contribution in [2.75, 3.05) is 13.2 Å². The Morgan fingerprint density at radius 1 is 1.13 bits per heavy atom. The van der Waals surface area contributed by atoms with Gasteiger partial charge in [-0.1, -0.05) is 49.9 Å². The minimum atomic E-state index is 0.323. The van der Waals surface area contributed by atoms with Crippen molar-refractivity contribution < 1.29 is 4.74 Å². The summed E-state index contributed by atoms with van der Waals surface area (Å²) >= 11 is 0. The van der Waals surface area contributed by atoms with Gasteiger partial charge in [-0.05, 0) is 67.3 Å². The van der Waals surface area contributed by atoms with Crippen LogP contribution in [0.4, 0.5) is 0 Å². The van der Waals surface area contributed by atoms with E-state index in [2.05, 4.69) is 79.4 Å².